The van der Waals surface area contributed by atoms with E-state index in [0.717, 1.165) is 12.3 Å². The van der Waals surface area contributed by atoms with Crippen molar-refractivity contribution in [2.75, 3.05) is 21.1 Å². The number of nitrogens with zero attached hydrogens (tertiary/aromatic N) is 1. The van der Waals surface area contributed by atoms with Crippen LogP contribution in [0.5, 0.6) is 0 Å². The van der Waals surface area contributed by atoms with E-state index in [1.54, 1.807) is 7.05 Å². The Bertz CT molecular complexity index is 462. The molecule has 1 aromatic rings. The molecule has 3 nitrogen and oxygen atoms in total. The number of carbonyl (C=O) groups excluding carboxylic acids is 1. The zero-order chi connectivity index (χ0) is 16.0. The molecule has 2 rings (SSSR count). The third kappa shape index (κ3) is 3.89. The van der Waals surface area contributed by atoms with Crippen LogP contribution in [0, 0.1) is 5.92 Å². The van der Waals surface area contributed by atoms with Gasteiger partial charge in [0.2, 0.25) is 5.91 Å². The molecule has 1 saturated carbocycles. The third-order valence-corrected chi connectivity index (χ3v) is 5.39. The topological polar surface area (TPSA) is 32.3 Å². The Morgan fingerprint density at radius 2 is 1.86 bits per heavy atom. The Kier molecular flexibility index (Phi) is 6.01. The van der Waals surface area contributed by atoms with Crippen molar-refractivity contribution in [1.29, 1.82) is 0 Å². The van der Waals surface area contributed by atoms with Crippen LogP contribution in [0.1, 0.15) is 50.5 Å². The van der Waals surface area contributed by atoms with Gasteiger partial charge < -0.3 is 5.32 Å². The van der Waals surface area contributed by atoms with Crippen LogP contribution in [0.25, 0.3) is 0 Å². The molecule has 1 aliphatic carbocycles. The Morgan fingerprint density at radius 3 is 2.41 bits per heavy atom. The van der Waals surface area contributed by atoms with E-state index in [1.165, 1.54) is 37.7 Å². The van der Waals surface area contributed by atoms with Gasteiger partial charge in [-0.25, -0.2) is 0 Å². The lowest BCUT2D eigenvalue weighted by Gasteiger charge is -2.45. The maximum Gasteiger partial charge on any atom is 0.219 e. The molecule has 0 atom stereocenters. The second kappa shape index (κ2) is 7.77. The van der Waals surface area contributed by atoms with Crippen molar-refractivity contribution in [1.82, 2.24) is 10.2 Å². The molecule has 0 saturated heterocycles. The molecule has 0 aliphatic heterocycles. The van der Waals surface area contributed by atoms with E-state index in [2.05, 4.69) is 54.6 Å². The van der Waals surface area contributed by atoms with Gasteiger partial charge in [-0.05, 0) is 64.1 Å². The first-order valence-corrected chi connectivity index (χ1v) is 8.52. The highest BCUT2D eigenvalue weighted by molar-refractivity contribution is 5.75. The lowest BCUT2D eigenvalue weighted by atomic mass is 9.71. The molecule has 3 heteroatoms. The van der Waals surface area contributed by atoms with Gasteiger partial charge in [-0.3, -0.25) is 9.69 Å². The fourth-order valence-electron chi connectivity index (χ4n) is 3.86. The van der Waals surface area contributed by atoms with Gasteiger partial charge in [0, 0.05) is 19.0 Å². The predicted octanol–water partition coefficient (Wildman–Crippen LogP) is 3.55. The lowest BCUT2D eigenvalue weighted by Crippen LogP contribution is -2.44. The van der Waals surface area contributed by atoms with Gasteiger partial charge >= 0.3 is 0 Å². The average Bonchev–Trinajstić information content (AvgIpc) is 2.56. The molecule has 1 amide bonds. The average molecular weight is 302 g/mol. The maximum atomic E-state index is 11.3. The number of amides is 1. The largest absolute Gasteiger partial charge is 0.359 e. The molecule has 22 heavy (non-hydrogen) atoms. The van der Waals surface area contributed by atoms with Crippen molar-refractivity contribution in [3.05, 3.63) is 35.9 Å². The van der Waals surface area contributed by atoms with Crippen LogP contribution in [0.2, 0.25) is 0 Å². The summed E-state index contributed by atoms with van der Waals surface area (Å²) in [6.07, 6.45) is 7.84. The molecule has 0 unspecified atom stereocenters. The predicted molar refractivity (Wildman–Crippen MR) is 91.7 cm³/mol. The standard InChI is InChI=1S/C19H30N2O/c1-20-18(22)11-7-8-16-12-14-19(15-13-16,21(2)3)17-9-5-4-6-10-17/h4-6,9-10,16H,7-8,11-15H2,1-3H3,(H,20,22). The normalized spacial score (nSPS) is 25.2. The van der Waals surface area contributed by atoms with Crippen LogP contribution in [0.15, 0.2) is 30.3 Å². The number of benzene rings is 1. The summed E-state index contributed by atoms with van der Waals surface area (Å²) < 4.78 is 0. The molecule has 1 fully saturated rings. The molecule has 0 radical (unpaired) electrons. The summed E-state index contributed by atoms with van der Waals surface area (Å²) >= 11 is 0. The Hall–Kier alpha value is -1.35. The highest BCUT2D eigenvalue weighted by atomic mass is 16.1. The minimum atomic E-state index is 0.169. The minimum absolute atomic E-state index is 0.169. The minimum Gasteiger partial charge on any atom is -0.359 e. The molecule has 1 aliphatic rings. The zero-order valence-corrected chi connectivity index (χ0v) is 14.3. The van der Waals surface area contributed by atoms with Crippen LogP contribution in [0.4, 0.5) is 0 Å². The van der Waals surface area contributed by atoms with E-state index in [4.69, 9.17) is 0 Å². The molecular formula is C19H30N2O. The zero-order valence-electron chi connectivity index (χ0n) is 14.3. The van der Waals surface area contributed by atoms with Crippen molar-refractivity contribution < 1.29 is 4.79 Å². The molecule has 0 heterocycles. The highest BCUT2D eigenvalue weighted by Gasteiger charge is 2.38. The number of hydrogen-bond acceptors (Lipinski definition) is 2. The first-order chi connectivity index (χ1) is 10.6. The molecular weight excluding hydrogens is 272 g/mol. The fraction of sp³-hybridized carbons (Fsp3) is 0.632. The molecule has 0 spiro atoms. The van der Waals surface area contributed by atoms with Crippen LogP contribution in [-0.4, -0.2) is 32.0 Å². The Labute approximate surface area is 135 Å². The third-order valence-electron chi connectivity index (χ3n) is 5.39. The monoisotopic (exact) mass is 302 g/mol. The van der Waals surface area contributed by atoms with Crippen LogP contribution in [0.3, 0.4) is 0 Å². The van der Waals surface area contributed by atoms with E-state index in [-0.39, 0.29) is 11.4 Å². The van der Waals surface area contributed by atoms with Crippen molar-refractivity contribution in [2.45, 2.75) is 50.5 Å². The highest BCUT2D eigenvalue weighted by Crippen LogP contribution is 2.44. The first kappa shape index (κ1) is 17.0. The summed E-state index contributed by atoms with van der Waals surface area (Å²) in [4.78, 5) is 13.7. The summed E-state index contributed by atoms with van der Waals surface area (Å²) in [5, 5.41) is 2.71. The van der Waals surface area contributed by atoms with Crippen LogP contribution >= 0.6 is 0 Å². The van der Waals surface area contributed by atoms with Gasteiger partial charge in [-0.2, -0.15) is 0 Å². The van der Waals surface area contributed by atoms with Crippen molar-refractivity contribution >= 4 is 5.91 Å². The Balaban J connectivity index is 1.92. The van der Waals surface area contributed by atoms with Gasteiger partial charge in [0.15, 0.2) is 0 Å². The maximum absolute atomic E-state index is 11.3. The van der Waals surface area contributed by atoms with Gasteiger partial charge in [-0.15, -0.1) is 0 Å². The molecule has 1 aromatic carbocycles. The summed E-state index contributed by atoms with van der Waals surface area (Å²) in [5.74, 6) is 0.948. The van der Waals surface area contributed by atoms with Crippen molar-refractivity contribution in [3.63, 3.8) is 0 Å². The smallest absolute Gasteiger partial charge is 0.219 e. The van der Waals surface area contributed by atoms with E-state index in [1.807, 2.05) is 0 Å². The van der Waals surface area contributed by atoms with Crippen molar-refractivity contribution in [3.8, 4) is 0 Å². The van der Waals surface area contributed by atoms with Crippen LogP contribution < -0.4 is 5.32 Å². The lowest BCUT2D eigenvalue weighted by molar-refractivity contribution is -0.120. The number of carbonyl (C=O) groups is 1. The summed E-state index contributed by atoms with van der Waals surface area (Å²) in [5.41, 5.74) is 1.64. The van der Waals surface area contributed by atoms with Crippen molar-refractivity contribution in [2.24, 2.45) is 5.92 Å². The first-order valence-electron chi connectivity index (χ1n) is 8.52. The Morgan fingerprint density at radius 1 is 1.23 bits per heavy atom. The quantitative estimate of drug-likeness (QED) is 0.871. The molecule has 0 bridgehead atoms. The van der Waals surface area contributed by atoms with E-state index < -0.39 is 0 Å². The number of hydrogen-bond donors (Lipinski definition) is 1. The summed E-state index contributed by atoms with van der Waals surface area (Å²) in [7, 11) is 6.13. The second-order valence-corrected chi connectivity index (χ2v) is 6.80. The number of nitrogens with one attached hydrogen (secondary N) is 1. The number of rotatable bonds is 6. The van der Waals surface area contributed by atoms with Gasteiger partial charge in [0.05, 0.1) is 0 Å². The SMILES string of the molecule is CNC(=O)CCCC1CCC(c2ccccc2)(N(C)C)CC1. The van der Waals surface area contributed by atoms with Gasteiger partial charge in [-0.1, -0.05) is 30.3 Å². The molecule has 0 aromatic heterocycles. The summed E-state index contributed by atoms with van der Waals surface area (Å²) in [6, 6.07) is 10.9. The molecule has 1 N–H and O–H groups in total. The van der Waals surface area contributed by atoms with E-state index >= 15 is 0 Å². The van der Waals surface area contributed by atoms with E-state index in [0.29, 0.717) is 6.42 Å². The fourth-order valence-corrected chi connectivity index (χ4v) is 3.86. The summed E-state index contributed by atoms with van der Waals surface area (Å²) in [6.45, 7) is 0. The second-order valence-electron chi connectivity index (χ2n) is 6.80. The van der Waals surface area contributed by atoms with E-state index in [9.17, 15) is 4.79 Å². The van der Waals surface area contributed by atoms with Gasteiger partial charge in [0.1, 0.15) is 0 Å². The van der Waals surface area contributed by atoms with Gasteiger partial charge in [0.25, 0.3) is 0 Å². The van der Waals surface area contributed by atoms with Crippen LogP contribution in [-0.2, 0) is 10.3 Å². The molecule has 122 valence electrons.